The van der Waals surface area contributed by atoms with Gasteiger partial charge in [-0.05, 0) is 51.8 Å². The standard InChI is InChI=1S/C15H21F2NO2/c1-5-20-14(19)15(3,4)8-13(18)10-7-11(16)9(2)6-12(10)17/h6-7,13H,5,8,18H2,1-4H3. The van der Waals surface area contributed by atoms with Crippen LogP contribution in [0.2, 0.25) is 0 Å². The van der Waals surface area contributed by atoms with Gasteiger partial charge in [-0.1, -0.05) is 0 Å². The lowest BCUT2D eigenvalue weighted by atomic mass is 9.83. The van der Waals surface area contributed by atoms with Crippen LogP contribution in [0.4, 0.5) is 8.78 Å². The Kier molecular flexibility index (Phi) is 5.22. The molecule has 112 valence electrons. The Morgan fingerprint density at radius 1 is 1.35 bits per heavy atom. The minimum atomic E-state index is -0.858. The minimum absolute atomic E-state index is 0.0745. The Balaban J connectivity index is 2.94. The zero-order chi connectivity index (χ0) is 15.5. The molecule has 0 aliphatic rings. The van der Waals surface area contributed by atoms with Crippen LogP contribution in [-0.4, -0.2) is 12.6 Å². The number of benzene rings is 1. The van der Waals surface area contributed by atoms with Crippen LogP contribution < -0.4 is 5.73 Å². The van der Waals surface area contributed by atoms with Gasteiger partial charge in [0, 0.05) is 11.6 Å². The average molecular weight is 285 g/mol. The summed E-state index contributed by atoms with van der Waals surface area (Å²) >= 11 is 0. The fourth-order valence-corrected chi connectivity index (χ4v) is 2.02. The van der Waals surface area contributed by atoms with Crippen LogP contribution in [0.3, 0.4) is 0 Å². The Bertz CT molecular complexity index is 501. The van der Waals surface area contributed by atoms with E-state index in [0.717, 1.165) is 12.1 Å². The lowest BCUT2D eigenvalue weighted by molar-refractivity contribution is -0.154. The van der Waals surface area contributed by atoms with Crippen molar-refractivity contribution in [1.82, 2.24) is 0 Å². The van der Waals surface area contributed by atoms with E-state index in [2.05, 4.69) is 0 Å². The number of hydrogen-bond donors (Lipinski definition) is 1. The Labute approximate surface area is 118 Å². The van der Waals surface area contributed by atoms with Gasteiger partial charge in [0.15, 0.2) is 0 Å². The number of hydrogen-bond acceptors (Lipinski definition) is 3. The second-order valence-corrected chi connectivity index (χ2v) is 5.54. The monoisotopic (exact) mass is 285 g/mol. The van der Waals surface area contributed by atoms with Crippen molar-refractivity contribution in [3.05, 3.63) is 34.9 Å². The minimum Gasteiger partial charge on any atom is -0.466 e. The summed E-state index contributed by atoms with van der Waals surface area (Å²) in [6.07, 6.45) is 0.172. The number of nitrogens with two attached hydrogens (primary N) is 1. The predicted molar refractivity (Wildman–Crippen MR) is 73.1 cm³/mol. The predicted octanol–water partition coefficient (Wildman–Crippen LogP) is 3.25. The smallest absolute Gasteiger partial charge is 0.311 e. The highest BCUT2D eigenvalue weighted by Crippen LogP contribution is 2.31. The second kappa shape index (κ2) is 6.31. The van der Waals surface area contributed by atoms with Crippen LogP contribution in [0.1, 0.15) is 44.4 Å². The van der Waals surface area contributed by atoms with Crippen molar-refractivity contribution in [2.24, 2.45) is 11.1 Å². The highest BCUT2D eigenvalue weighted by molar-refractivity contribution is 5.76. The summed E-state index contributed by atoms with van der Waals surface area (Å²) in [5.41, 5.74) is 5.36. The molecule has 0 amide bonds. The Morgan fingerprint density at radius 2 is 1.95 bits per heavy atom. The zero-order valence-corrected chi connectivity index (χ0v) is 12.3. The number of halogens is 2. The molecule has 1 unspecified atom stereocenters. The zero-order valence-electron chi connectivity index (χ0n) is 12.3. The molecule has 0 aliphatic carbocycles. The molecule has 0 aliphatic heterocycles. The second-order valence-electron chi connectivity index (χ2n) is 5.54. The molecule has 0 aromatic heterocycles. The van der Waals surface area contributed by atoms with Crippen LogP contribution in [0.25, 0.3) is 0 Å². The molecule has 0 heterocycles. The molecule has 1 rings (SSSR count). The third kappa shape index (κ3) is 3.76. The third-order valence-corrected chi connectivity index (χ3v) is 3.24. The van der Waals surface area contributed by atoms with Gasteiger partial charge >= 0.3 is 5.97 Å². The molecule has 3 nitrogen and oxygen atoms in total. The summed E-state index contributed by atoms with van der Waals surface area (Å²) in [4.78, 5) is 11.8. The average Bonchev–Trinajstić information content (AvgIpc) is 2.33. The van der Waals surface area contributed by atoms with Crippen molar-refractivity contribution >= 4 is 5.97 Å². The maximum absolute atomic E-state index is 13.8. The molecule has 5 heteroatoms. The van der Waals surface area contributed by atoms with Gasteiger partial charge in [0.25, 0.3) is 0 Å². The molecular weight excluding hydrogens is 264 g/mol. The molecule has 1 atom stereocenters. The van der Waals surface area contributed by atoms with Gasteiger partial charge in [-0.3, -0.25) is 4.79 Å². The molecule has 0 saturated carbocycles. The fourth-order valence-electron chi connectivity index (χ4n) is 2.02. The molecule has 0 saturated heterocycles. The molecule has 20 heavy (non-hydrogen) atoms. The van der Waals surface area contributed by atoms with Crippen LogP contribution in [0, 0.1) is 24.0 Å². The fraction of sp³-hybridized carbons (Fsp3) is 0.533. The number of esters is 1. The molecule has 1 aromatic carbocycles. The summed E-state index contributed by atoms with van der Waals surface area (Å²) in [7, 11) is 0. The number of aryl methyl sites for hydroxylation is 1. The van der Waals surface area contributed by atoms with E-state index in [0.29, 0.717) is 0 Å². The number of ether oxygens (including phenoxy) is 1. The van der Waals surface area contributed by atoms with E-state index in [1.165, 1.54) is 6.92 Å². The van der Waals surface area contributed by atoms with Crippen molar-refractivity contribution in [2.75, 3.05) is 6.61 Å². The van der Waals surface area contributed by atoms with Gasteiger partial charge in [-0.25, -0.2) is 8.78 Å². The van der Waals surface area contributed by atoms with Crippen molar-refractivity contribution in [2.45, 2.75) is 40.2 Å². The summed E-state index contributed by atoms with van der Waals surface area (Å²) in [5.74, 6) is -1.47. The van der Waals surface area contributed by atoms with E-state index in [1.54, 1.807) is 20.8 Å². The van der Waals surface area contributed by atoms with Gasteiger partial charge in [0.2, 0.25) is 0 Å². The maximum atomic E-state index is 13.8. The molecule has 0 bridgehead atoms. The summed E-state index contributed by atoms with van der Waals surface area (Å²) in [6.45, 7) is 6.81. The van der Waals surface area contributed by atoms with Crippen molar-refractivity contribution < 1.29 is 18.3 Å². The Morgan fingerprint density at radius 3 is 2.50 bits per heavy atom. The van der Waals surface area contributed by atoms with E-state index in [-0.39, 0.29) is 24.2 Å². The van der Waals surface area contributed by atoms with E-state index in [9.17, 15) is 13.6 Å². The van der Waals surface area contributed by atoms with Crippen LogP contribution in [0.5, 0.6) is 0 Å². The van der Waals surface area contributed by atoms with E-state index < -0.39 is 29.1 Å². The topological polar surface area (TPSA) is 52.3 Å². The van der Waals surface area contributed by atoms with Gasteiger partial charge in [-0.2, -0.15) is 0 Å². The summed E-state index contributed by atoms with van der Waals surface area (Å²) < 4.78 is 32.3. The SMILES string of the molecule is CCOC(=O)C(C)(C)CC(N)c1cc(F)c(C)cc1F. The van der Waals surface area contributed by atoms with Crippen LogP contribution in [0.15, 0.2) is 12.1 Å². The van der Waals surface area contributed by atoms with E-state index >= 15 is 0 Å². The third-order valence-electron chi connectivity index (χ3n) is 3.24. The van der Waals surface area contributed by atoms with Crippen LogP contribution in [-0.2, 0) is 9.53 Å². The lowest BCUT2D eigenvalue weighted by Crippen LogP contribution is -2.31. The first-order valence-electron chi connectivity index (χ1n) is 6.57. The molecule has 0 fully saturated rings. The van der Waals surface area contributed by atoms with Gasteiger partial charge in [0.1, 0.15) is 11.6 Å². The van der Waals surface area contributed by atoms with Gasteiger partial charge in [-0.15, -0.1) is 0 Å². The largest absolute Gasteiger partial charge is 0.466 e. The normalized spacial score (nSPS) is 13.2. The summed E-state index contributed by atoms with van der Waals surface area (Å²) in [6, 6.07) is 1.43. The van der Waals surface area contributed by atoms with Crippen molar-refractivity contribution in [1.29, 1.82) is 0 Å². The number of carbonyl (C=O) groups excluding carboxylic acids is 1. The maximum Gasteiger partial charge on any atom is 0.311 e. The van der Waals surface area contributed by atoms with Crippen LogP contribution >= 0.6 is 0 Å². The van der Waals surface area contributed by atoms with E-state index in [1.807, 2.05) is 0 Å². The quantitative estimate of drug-likeness (QED) is 0.845. The molecule has 1 aromatic rings. The van der Waals surface area contributed by atoms with Gasteiger partial charge in [0.05, 0.1) is 12.0 Å². The first-order valence-corrected chi connectivity index (χ1v) is 6.57. The number of rotatable bonds is 5. The van der Waals surface area contributed by atoms with Crippen molar-refractivity contribution in [3.63, 3.8) is 0 Å². The lowest BCUT2D eigenvalue weighted by Gasteiger charge is -2.26. The first kappa shape index (κ1) is 16.6. The summed E-state index contributed by atoms with van der Waals surface area (Å²) in [5, 5.41) is 0. The van der Waals surface area contributed by atoms with Crippen molar-refractivity contribution in [3.8, 4) is 0 Å². The molecular formula is C15H21F2NO2. The highest BCUT2D eigenvalue weighted by atomic mass is 19.1. The first-order chi connectivity index (χ1) is 9.19. The van der Waals surface area contributed by atoms with E-state index in [4.69, 9.17) is 10.5 Å². The van der Waals surface area contributed by atoms with Gasteiger partial charge < -0.3 is 10.5 Å². The molecule has 0 radical (unpaired) electrons. The number of carbonyl (C=O) groups is 1. The highest BCUT2D eigenvalue weighted by Gasteiger charge is 2.32. The Hall–Kier alpha value is -1.49. The molecule has 2 N–H and O–H groups in total. The molecule has 0 spiro atoms.